The lowest BCUT2D eigenvalue weighted by molar-refractivity contribution is 0.258. The van der Waals surface area contributed by atoms with Crippen molar-refractivity contribution in [2.75, 3.05) is 31.5 Å². The van der Waals surface area contributed by atoms with Gasteiger partial charge in [-0.1, -0.05) is 39.2 Å². The first-order valence-electron chi connectivity index (χ1n) is 10.1. The number of carbonyl (C=O) groups excluding carboxylic acids is 1. The van der Waals surface area contributed by atoms with Crippen molar-refractivity contribution in [3.63, 3.8) is 0 Å². The van der Waals surface area contributed by atoms with Crippen molar-refractivity contribution in [2.24, 2.45) is 0 Å². The predicted molar refractivity (Wildman–Crippen MR) is 136 cm³/mol. The van der Waals surface area contributed by atoms with E-state index in [4.69, 9.17) is 14.2 Å². The molecular formula is C25H32N2O4S. The third kappa shape index (κ3) is 6.52. The van der Waals surface area contributed by atoms with Crippen LogP contribution in [0.2, 0.25) is 0 Å². The lowest BCUT2D eigenvalue weighted by atomic mass is 10.1. The predicted octanol–water partition coefficient (Wildman–Crippen LogP) is 7.13. The van der Waals surface area contributed by atoms with Gasteiger partial charge in [-0.2, -0.15) is 0 Å². The Morgan fingerprint density at radius 3 is 2.41 bits per heavy atom. The molecule has 2 heterocycles. The minimum Gasteiger partial charge on any atom is -0.497 e. The van der Waals surface area contributed by atoms with Crippen molar-refractivity contribution in [3.8, 4) is 17.2 Å². The highest BCUT2D eigenvalue weighted by atomic mass is 32.1. The second-order valence-corrected chi connectivity index (χ2v) is 7.17. The van der Waals surface area contributed by atoms with Crippen molar-refractivity contribution >= 4 is 34.1 Å². The lowest BCUT2D eigenvalue weighted by Crippen LogP contribution is -2.30. The molecule has 0 aliphatic carbocycles. The Morgan fingerprint density at radius 2 is 1.84 bits per heavy atom. The Morgan fingerprint density at radius 1 is 1.19 bits per heavy atom. The Hall–Kier alpha value is -3.45. The summed E-state index contributed by atoms with van der Waals surface area (Å²) in [7, 11) is 4.80. The number of anilines is 2. The molecule has 172 valence electrons. The molecule has 1 aromatic heterocycles. The number of urea groups is 1. The van der Waals surface area contributed by atoms with Gasteiger partial charge in [-0.25, -0.2) is 4.79 Å². The molecule has 1 N–H and O–H groups in total. The van der Waals surface area contributed by atoms with Crippen molar-refractivity contribution in [1.29, 1.82) is 0 Å². The molecule has 1 aliphatic rings. The maximum atomic E-state index is 12.7. The number of thiophene rings is 1. The van der Waals surface area contributed by atoms with E-state index in [-0.39, 0.29) is 6.03 Å². The molecule has 3 rings (SSSR count). The summed E-state index contributed by atoms with van der Waals surface area (Å²) in [6.07, 6.45) is 5.39. The Kier molecular flexibility index (Phi) is 10.9. The normalized spacial score (nSPS) is 11.1. The molecular weight excluding hydrogens is 424 g/mol. The van der Waals surface area contributed by atoms with Crippen LogP contribution in [0, 0.1) is 0 Å². The summed E-state index contributed by atoms with van der Waals surface area (Å²) in [4.78, 5) is 15.1. The molecule has 32 heavy (non-hydrogen) atoms. The maximum absolute atomic E-state index is 12.7. The van der Waals surface area contributed by atoms with Crippen LogP contribution in [0.25, 0.3) is 6.08 Å². The fourth-order valence-corrected chi connectivity index (χ4v) is 3.51. The molecule has 0 spiro atoms. The molecule has 0 saturated carbocycles. The highest BCUT2D eigenvalue weighted by Gasteiger charge is 2.21. The maximum Gasteiger partial charge on any atom is 0.326 e. The number of benzene rings is 1. The number of hydrogen-bond acceptors (Lipinski definition) is 5. The number of amides is 2. The SMILES string of the molecule is C=CC.C=CC1=Cc2sc(N(C)C(=O)Nc3ccc(OC)cc3OC)cc2OC1=C.CC. The topological polar surface area (TPSA) is 60.0 Å². The number of hydrogen-bond donors (Lipinski definition) is 1. The Labute approximate surface area is 195 Å². The van der Waals surface area contributed by atoms with Gasteiger partial charge < -0.3 is 19.5 Å². The van der Waals surface area contributed by atoms with E-state index < -0.39 is 0 Å². The third-order valence-electron chi connectivity index (χ3n) is 4.06. The summed E-state index contributed by atoms with van der Waals surface area (Å²) in [5.41, 5.74) is 1.38. The minimum absolute atomic E-state index is 0.302. The van der Waals surface area contributed by atoms with Crippen LogP contribution in [0.1, 0.15) is 25.6 Å². The smallest absolute Gasteiger partial charge is 0.326 e. The van der Waals surface area contributed by atoms with E-state index >= 15 is 0 Å². The lowest BCUT2D eigenvalue weighted by Gasteiger charge is -2.17. The van der Waals surface area contributed by atoms with Gasteiger partial charge in [0.1, 0.15) is 28.0 Å². The van der Waals surface area contributed by atoms with Crippen molar-refractivity contribution < 1.29 is 19.0 Å². The third-order valence-corrected chi connectivity index (χ3v) is 5.20. The van der Waals surface area contributed by atoms with E-state index in [2.05, 4.69) is 25.1 Å². The molecule has 0 saturated heterocycles. The van der Waals surface area contributed by atoms with Crippen molar-refractivity contribution in [1.82, 2.24) is 0 Å². The van der Waals surface area contributed by atoms with Crippen LogP contribution < -0.4 is 24.4 Å². The van der Waals surface area contributed by atoms with Crippen LogP contribution in [0.15, 0.2) is 67.5 Å². The summed E-state index contributed by atoms with van der Waals surface area (Å²) in [5.74, 6) is 2.37. The van der Waals surface area contributed by atoms with E-state index in [1.54, 1.807) is 44.5 Å². The van der Waals surface area contributed by atoms with Crippen molar-refractivity contribution in [2.45, 2.75) is 20.8 Å². The molecule has 0 radical (unpaired) electrons. The first kappa shape index (κ1) is 26.6. The number of ether oxygens (including phenoxy) is 3. The standard InChI is InChI=1S/C20H20N2O4S.C3H6.C2H6/c1-6-13-9-18-17(26-12(13)2)11-19(27-18)22(3)20(23)21-15-8-7-14(24-4)10-16(15)25-5;1-3-2;1-2/h6-11H,1-2H2,3-5H3,(H,21,23);3H,1H2,2H3;1-2H3. The van der Waals surface area contributed by atoms with Gasteiger partial charge in [-0.05, 0) is 25.1 Å². The van der Waals surface area contributed by atoms with Gasteiger partial charge in [0, 0.05) is 24.8 Å². The zero-order valence-corrected chi connectivity index (χ0v) is 20.5. The molecule has 2 amide bonds. The molecule has 2 aromatic rings. The number of rotatable bonds is 5. The zero-order chi connectivity index (χ0) is 24.3. The zero-order valence-electron chi connectivity index (χ0n) is 19.7. The monoisotopic (exact) mass is 456 g/mol. The Balaban J connectivity index is 0.000000944. The molecule has 0 atom stereocenters. The van der Waals surface area contributed by atoms with Crippen LogP contribution in [0.4, 0.5) is 15.5 Å². The fraction of sp³-hybridized carbons (Fsp3) is 0.240. The van der Waals surface area contributed by atoms with Crippen LogP contribution in [0.5, 0.6) is 17.2 Å². The number of methoxy groups -OCH3 is 2. The van der Waals surface area contributed by atoms with Gasteiger partial charge in [0.15, 0.2) is 0 Å². The average Bonchev–Trinajstić information content (AvgIpc) is 3.22. The van der Waals surface area contributed by atoms with E-state index in [0.717, 1.165) is 15.5 Å². The molecule has 0 unspecified atom stereocenters. The molecule has 0 fully saturated rings. The molecule has 1 aromatic carbocycles. The van der Waals surface area contributed by atoms with Crippen LogP contribution >= 0.6 is 11.3 Å². The van der Waals surface area contributed by atoms with E-state index in [9.17, 15) is 4.79 Å². The van der Waals surface area contributed by atoms with E-state index in [0.29, 0.717) is 28.7 Å². The van der Waals surface area contributed by atoms with E-state index in [1.807, 2.05) is 32.9 Å². The summed E-state index contributed by atoms with van der Waals surface area (Å²) in [6.45, 7) is 16.9. The van der Waals surface area contributed by atoms with Crippen LogP contribution in [-0.4, -0.2) is 27.3 Å². The van der Waals surface area contributed by atoms with Gasteiger partial charge >= 0.3 is 6.03 Å². The summed E-state index contributed by atoms with van der Waals surface area (Å²) >= 11 is 1.44. The van der Waals surface area contributed by atoms with Crippen LogP contribution in [-0.2, 0) is 0 Å². The summed E-state index contributed by atoms with van der Waals surface area (Å²) < 4.78 is 16.2. The summed E-state index contributed by atoms with van der Waals surface area (Å²) in [5, 5.41) is 3.58. The molecule has 6 nitrogen and oxygen atoms in total. The fourth-order valence-electron chi connectivity index (χ4n) is 2.51. The van der Waals surface area contributed by atoms with Crippen LogP contribution in [0.3, 0.4) is 0 Å². The number of fused-ring (bicyclic) bond motifs is 1. The van der Waals surface area contributed by atoms with Gasteiger partial charge in [0.2, 0.25) is 0 Å². The molecule has 0 bridgehead atoms. The largest absolute Gasteiger partial charge is 0.497 e. The van der Waals surface area contributed by atoms with E-state index in [1.165, 1.54) is 23.3 Å². The van der Waals surface area contributed by atoms with Gasteiger partial charge in [-0.3, -0.25) is 4.90 Å². The highest BCUT2D eigenvalue weighted by molar-refractivity contribution is 7.17. The summed E-state index contributed by atoms with van der Waals surface area (Å²) in [6, 6.07) is 6.70. The van der Waals surface area contributed by atoms with Crippen molar-refractivity contribution in [3.05, 3.63) is 72.4 Å². The number of allylic oxidation sites excluding steroid dienone is 2. The number of nitrogens with one attached hydrogen (secondary N) is 1. The average molecular weight is 457 g/mol. The second-order valence-electron chi connectivity index (χ2n) is 6.11. The second kappa shape index (κ2) is 13.1. The quantitative estimate of drug-likeness (QED) is 0.486. The molecule has 7 heteroatoms. The first-order chi connectivity index (χ1) is 15.4. The van der Waals surface area contributed by atoms with Gasteiger partial charge in [0.05, 0.1) is 24.8 Å². The number of carbonyl (C=O) groups is 1. The minimum atomic E-state index is -0.302. The number of nitrogens with zero attached hydrogens (tertiary/aromatic N) is 1. The molecule has 1 aliphatic heterocycles. The first-order valence-corrected chi connectivity index (χ1v) is 10.9. The van der Waals surface area contributed by atoms with Gasteiger partial charge in [-0.15, -0.1) is 17.9 Å². The Bertz CT molecular complexity index is 992. The van der Waals surface area contributed by atoms with Gasteiger partial charge in [0.25, 0.3) is 0 Å². The highest BCUT2D eigenvalue weighted by Crippen LogP contribution is 2.41.